The summed E-state index contributed by atoms with van der Waals surface area (Å²) in [4.78, 5) is 16.6. The van der Waals surface area contributed by atoms with Crippen LogP contribution >= 0.6 is 11.8 Å². The standard InChI is InChI=1S/C11H10N2OS/c1-7-6-13-10(14)8-4-2-3-5-9(8)12-11(13)15-7/h2-5,7H,6H2,1H3/t7-/m1/s1. The molecule has 76 valence electrons. The van der Waals surface area contributed by atoms with E-state index in [1.807, 2.05) is 24.3 Å². The molecule has 0 fully saturated rings. The molecule has 0 bridgehead atoms. The predicted molar refractivity (Wildman–Crippen MR) is 61.3 cm³/mol. The zero-order valence-corrected chi connectivity index (χ0v) is 9.12. The Labute approximate surface area is 91.1 Å². The molecule has 15 heavy (non-hydrogen) atoms. The van der Waals surface area contributed by atoms with Crippen LogP contribution in [0.15, 0.2) is 34.2 Å². The number of hydrogen-bond donors (Lipinski definition) is 0. The monoisotopic (exact) mass is 218 g/mol. The molecule has 1 aliphatic rings. The fraction of sp³-hybridized carbons (Fsp3) is 0.273. The maximum Gasteiger partial charge on any atom is 0.262 e. The molecule has 2 aromatic rings. The number of nitrogens with zero attached hydrogens (tertiary/aromatic N) is 2. The Morgan fingerprint density at radius 2 is 2.27 bits per heavy atom. The highest BCUT2D eigenvalue weighted by atomic mass is 32.2. The van der Waals surface area contributed by atoms with Crippen LogP contribution < -0.4 is 5.56 Å². The number of hydrogen-bond acceptors (Lipinski definition) is 3. The predicted octanol–water partition coefficient (Wildman–Crippen LogP) is 1.89. The number of fused-ring (bicyclic) bond motifs is 2. The van der Waals surface area contributed by atoms with Crippen molar-refractivity contribution in [2.24, 2.45) is 0 Å². The summed E-state index contributed by atoms with van der Waals surface area (Å²) >= 11 is 1.67. The lowest BCUT2D eigenvalue weighted by atomic mass is 10.2. The van der Waals surface area contributed by atoms with E-state index in [1.165, 1.54) is 0 Å². The fourth-order valence-electron chi connectivity index (χ4n) is 1.87. The molecule has 3 rings (SSSR count). The van der Waals surface area contributed by atoms with Crippen molar-refractivity contribution in [3.8, 4) is 0 Å². The van der Waals surface area contributed by atoms with Gasteiger partial charge in [-0.15, -0.1) is 0 Å². The van der Waals surface area contributed by atoms with Crippen molar-refractivity contribution in [3.05, 3.63) is 34.6 Å². The van der Waals surface area contributed by atoms with Gasteiger partial charge in [0.2, 0.25) is 0 Å². The second-order valence-corrected chi connectivity index (χ2v) is 5.16. The summed E-state index contributed by atoms with van der Waals surface area (Å²) in [6.45, 7) is 2.89. The summed E-state index contributed by atoms with van der Waals surface area (Å²) in [6.07, 6.45) is 0. The van der Waals surface area contributed by atoms with Crippen LogP contribution in [-0.2, 0) is 6.54 Å². The van der Waals surface area contributed by atoms with Crippen molar-refractivity contribution in [1.29, 1.82) is 0 Å². The van der Waals surface area contributed by atoms with Gasteiger partial charge in [0.25, 0.3) is 5.56 Å². The van der Waals surface area contributed by atoms with Gasteiger partial charge in [-0.1, -0.05) is 30.8 Å². The van der Waals surface area contributed by atoms with E-state index in [9.17, 15) is 4.79 Å². The Morgan fingerprint density at radius 1 is 1.47 bits per heavy atom. The highest BCUT2D eigenvalue weighted by Gasteiger charge is 2.21. The van der Waals surface area contributed by atoms with Gasteiger partial charge in [-0.05, 0) is 12.1 Å². The Morgan fingerprint density at radius 3 is 3.13 bits per heavy atom. The highest BCUT2D eigenvalue weighted by molar-refractivity contribution is 7.99. The number of para-hydroxylation sites is 1. The first kappa shape index (κ1) is 8.97. The van der Waals surface area contributed by atoms with Gasteiger partial charge in [0.1, 0.15) is 0 Å². The number of benzene rings is 1. The molecule has 1 aromatic heterocycles. The van der Waals surface area contributed by atoms with Crippen LogP contribution in [0, 0.1) is 0 Å². The second kappa shape index (κ2) is 3.10. The van der Waals surface area contributed by atoms with Gasteiger partial charge in [0.15, 0.2) is 5.16 Å². The average molecular weight is 218 g/mol. The number of aromatic nitrogens is 2. The van der Waals surface area contributed by atoms with Crippen LogP contribution in [0.3, 0.4) is 0 Å². The highest BCUT2D eigenvalue weighted by Crippen LogP contribution is 2.29. The van der Waals surface area contributed by atoms with Crippen LogP contribution in [0.5, 0.6) is 0 Å². The van der Waals surface area contributed by atoms with Crippen LogP contribution in [0.25, 0.3) is 10.9 Å². The van der Waals surface area contributed by atoms with Crippen molar-refractivity contribution in [1.82, 2.24) is 9.55 Å². The smallest absolute Gasteiger partial charge is 0.262 e. The van der Waals surface area contributed by atoms with Crippen LogP contribution in [0.1, 0.15) is 6.92 Å². The molecule has 0 saturated carbocycles. The third kappa shape index (κ3) is 1.28. The lowest BCUT2D eigenvalue weighted by Crippen LogP contribution is -2.21. The van der Waals surface area contributed by atoms with Gasteiger partial charge in [-0.3, -0.25) is 9.36 Å². The van der Waals surface area contributed by atoms with Crippen molar-refractivity contribution in [2.45, 2.75) is 23.9 Å². The molecular weight excluding hydrogens is 208 g/mol. The molecule has 0 radical (unpaired) electrons. The topological polar surface area (TPSA) is 34.9 Å². The average Bonchev–Trinajstić information content (AvgIpc) is 2.59. The Hall–Kier alpha value is -1.29. The zero-order chi connectivity index (χ0) is 10.4. The minimum atomic E-state index is 0.0902. The van der Waals surface area contributed by atoms with E-state index in [4.69, 9.17) is 0 Å². The lowest BCUT2D eigenvalue weighted by molar-refractivity contribution is 0.629. The quantitative estimate of drug-likeness (QED) is 0.633. The first-order chi connectivity index (χ1) is 7.25. The third-order valence-corrected chi connectivity index (χ3v) is 3.65. The molecule has 0 aliphatic carbocycles. The van der Waals surface area contributed by atoms with E-state index < -0.39 is 0 Å². The van der Waals surface area contributed by atoms with Crippen molar-refractivity contribution < 1.29 is 0 Å². The largest absolute Gasteiger partial charge is 0.286 e. The summed E-state index contributed by atoms with van der Waals surface area (Å²) in [5, 5.41) is 2.02. The molecular formula is C11H10N2OS. The molecule has 0 spiro atoms. The molecule has 1 aromatic carbocycles. The van der Waals surface area contributed by atoms with Crippen LogP contribution in [0.4, 0.5) is 0 Å². The van der Waals surface area contributed by atoms with Crippen molar-refractivity contribution >= 4 is 22.7 Å². The van der Waals surface area contributed by atoms with E-state index in [2.05, 4.69) is 11.9 Å². The number of rotatable bonds is 0. The van der Waals surface area contributed by atoms with Gasteiger partial charge < -0.3 is 0 Å². The Balaban J connectivity index is 2.40. The van der Waals surface area contributed by atoms with Gasteiger partial charge >= 0.3 is 0 Å². The number of thioether (sulfide) groups is 1. The van der Waals surface area contributed by atoms with E-state index >= 15 is 0 Å². The summed E-state index contributed by atoms with van der Waals surface area (Å²) in [5.74, 6) is 0. The van der Waals surface area contributed by atoms with Crippen molar-refractivity contribution in [2.75, 3.05) is 0 Å². The second-order valence-electron chi connectivity index (χ2n) is 3.76. The van der Waals surface area contributed by atoms with Crippen LogP contribution in [0.2, 0.25) is 0 Å². The minimum absolute atomic E-state index is 0.0902. The lowest BCUT2D eigenvalue weighted by Gasteiger charge is -2.02. The molecule has 0 amide bonds. The SMILES string of the molecule is C[C@@H]1Cn2c(nc3ccccc3c2=O)S1. The Bertz CT molecular complexity index is 591. The molecule has 1 aliphatic heterocycles. The Kier molecular flexibility index (Phi) is 1.85. The van der Waals surface area contributed by atoms with Gasteiger partial charge in [0.05, 0.1) is 10.9 Å². The summed E-state index contributed by atoms with van der Waals surface area (Å²) < 4.78 is 1.78. The molecule has 0 N–H and O–H groups in total. The van der Waals surface area contributed by atoms with Crippen molar-refractivity contribution in [3.63, 3.8) is 0 Å². The molecule has 4 heteroatoms. The van der Waals surface area contributed by atoms with Crippen LogP contribution in [-0.4, -0.2) is 14.8 Å². The maximum atomic E-state index is 12.1. The first-order valence-electron chi connectivity index (χ1n) is 4.92. The van der Waals surface area contributed by atoms with E-state index in [-0.39, 0.29) is 5.56 Å². The summed E-state index contributed by atoms with van der Waals surface area (Å²) in [6, 6.07) is 7.52. The molecule has 0 unspecified atom stereocenters. The fourth-order valence-corrected chi connectivity index (χ4v) is 2.89. The van der Waals surface area contributed by atoms with Gasteiger partial charge in [-0.2, -0.15) is 0 Å². The minimum Gasteiger partial charge on any atom is -0.286 e. The zero-order valence-electron chi connectivity index (χ0n) is 8.30. The summed E-state index contributed by atoms with van der Waals surface area (Å²) in [7, 11) is 0. The van der Waals surface area contributed by atoms with E-state index in [0.29, 0.717) is 5.25 Å². The van der Waals surface area contributed by atoms with Gasteiger partial charge in [0, 0.05) is 11.8 Å². The molecule has 3 nitrogen and oxygen atoms in total. The van der Waals surface area contributed by atoms with E-state index in [0.717, 1.165) is 22.6 Å². The van der Waals surface area contributed by atoms with E-state index in [1.54, 1.807) is 16.3 Å². The summed E-state index contributed by atoms with van der Waals surface area (Å²) in [5.41, 5.74) is 0.891. The molecule has 1 atom stereocenters. The van der Waals surface area contributed by atoms with Gasteiger partial charge in [-0.25, -0.2) is 4.98 Å². The maximum absolute atomic E-state index is 12.1. The molecule has 0 saturated heterocycles. The third-order valence-electron chi connectivity index (χ3n) is 2.57. The molecule has 2 heterocycles. The normalized spacial score (nSPS) is 19.4. The first-order valence-corrected chi connectivity index (χ1v) is 5.80.